The van der Waals surface area contributed by atoms with Crippen LogP contribution >= 0.6 is 11.8 Å². The molecule has 5 heteroatoms. The predicted octanol–water partition coefficient (Wildman–Crippen LogP) is 3.24. The molecule has 2 amide bonds. The highest BCUT2D eigenvalue weighted by Gasteiger charge is 2.15. The van der Waals surface area contributed by atoms with Gasteiger partial charge < -0.3 is 15.0 Å². The van der Waals surface area contributed by atoms with Gasteiger partial charge in [0, 0.05) is 31.6 Å². The van der Waals surface area contributed by atoms with Gasteiger partial charge in [-0.15, -0.1) is 11.8 Å². The number of ether oxygens (including phenoxy) is 1. The van der Waals surface area contributed by atoms with Crippen molar-refractivity contribution in [1.29, 1.82) is 0 Å². The topological polar surface area (TPSA) is 41.6 Å². The van der Waals surface area contributed by atoms with E-state index in [9.17, 15) is 4.79 Å². The van der Waals surface area contributed by atoms with E-state index in [2.05, 4.69) is 29.6 Å². The number of hydrogen-bond acceptors (Lipinski definition) is 3. The fraction of sp³-hybridized carbons (Fsp3) is 0.588. The van der Waals surface area contributed by atoms with Crippen molar-refractivity contribution in [2.24, 2.45) is 5.92 Å². The zero-order valence-corrected chi connectivity index (χ0v) is 14.1. The van der Waals surface area contributed by atoms with Crippen LogP contribution < -0.4 is 5.32 Å². The van der Waals surface area contributed by atoms with E-state index in [1.807, 2.05) is 24.9 Å². The normalized spacial score (nSPS) is 18.0. The van der Waals surface area contributed by atoms with Gasteiger partial charge in [-0.2, -0.15) is 0 Å². The number of carbonyl (C=O) groups is 1. The largest absolute Gasteiger partial charge is 0.381 e. The van der Waals surface area contributed by atoms with Gasteiger partial charge in [0.25, 0.3) is 0 Å². The summed E-state index contributed by atoms with van der Waals surface area (Å²) < 4.78 is 5.43. The van der Waals surface area contributed by atoms with E-state index in [-0.39, 0.29) is 6.03 Å². The van der Waals surface area contributed by atoms with Gasteiger partial charge >= 0.3 is 6.03 Å². The molecule has 4 nitrogen and oxygen atoms in total. The van der Waals surface area contributed by atoms with Crippen LogP contribution in [0.4, 0.5) is 4.79 Å². The van der Waals surface area contributed by atoms with Gasteiger partial charge in [0.2, 0.25) is 0 Å². The zero-order chi connectivity index (χ0) is 15.6. The average Bonchev–Trinajstić information content (AvgIpc) is 2.58. The van der Waals surface area contributed by atoms with Crippen LogP contribution in [-0.2, 0) is 4.74 Å². The summed E-state index contributed by atoms with van der Waals surface area (Å²) >= 11 is 1.84. The first-order valence-corrected chi connectivity index (χ1v) is 8.99. The van der Waals surface area contributed by atoms with E-state index in [0.717, 1.165) is 51.3 Å². The molecule has 1 aliphatic rings. The van der Waals surface area contributed by atoms with Crippen LogP contribution in [0.2, 0.25) is 0 Å². The monoisotopic (exact) mass is 322 g/mol. The summed E-state index contributed by atoms with van der Waals surface area (Å²) in [6.45, 7) is 3.15. The van der Waals surface area contributed by atoms with E-state index >= 15 is 0 Å². The molecule has 122 valence electrons. The third kappa shape index (κ3) is 6.28. The number of urea groups is 1. The van der Waals surface area contributed by atoms with Crippen LogP contribution in [0.3, 0.4) is 0 Å². The van der Waals surface area contributed by atoms with Crippen molar-refractivity contribution in [3.8, 4) is 0 Å². The van der Waals surface area contributed by atoms with E-state index in [1.165, 1.54) is 4.90 Å². The Bertz CT molecular complexity index is 436. The minimum Gasteiger partial charge on any atom is -0.381 e. The standard InChI is InChI=1S/C17H26N2O2S/c1-19(10-6-12-22-16-8-3-2-4-9-16)17(20)18-13-15-7-5-11-21-14-15/h2-4,8-9,15H,5-7,10-14H2,1H3,(H,18,20)/t15-/m1/s1. The van der Waals surface area contributed by atoms with Crippen molar-refractivity contribution in [2.75, 3.05) is 39.1 Å². The number of hydrogen-bond donors (Lipinski definition) is 1. The van der Waals surface area contributed by atoms with Gasteiger partial charge in [0.15, 0.2) is 0 Å². The molecule has 0 radical (unpaired) electrons. The molecule has 0 unspecified atom stereocenters. The number of rotatable bonds is 7. The molecule has 1 saturated heterocycles. The molecule has 1 fully saturated rings. The molecule has 1 atom stereocenters. The summed E-state index contributed by atoms with van der Waals surface area (Å²) in [6.07, 6.45) is 3.25. The van der Waals surface area contributed by atoms with Crippen LogP contribution in [0.25, 0.3) is 0 Å². The number of nitrogens with one attached hydrogen (secondary N) is 1. The Kier molecular flexibility index (Phi) is 7.60. The molecule has 22 heavy (non-hydrogen) atoms. The van der Waals surface area contributed by atoms with Gasteiger partial charge in [-0.1, -0.05) is 18.2 Å². The van der Waals surface area contributed by atoms with Crippen LogP contribution in [0.1, 0.15) is 19.3 Å². The molecular weight excluding hydrogens is 296 g/mol. The molecule has 1 aromatic carbocycles. The third-order valence-corrected chi connectivity index (χ3v) is 4.89. The summed E-state index contributed by atoms with van der Waals surface area (Å²) in [5.74, 6) is 1.50. The second-order valence-electron chi connectivity index (χ2n) is 5.71. The molecule has 0 bridgehead atoms. The molecule has 0 aromatic heterocycles. The Morgan fingerprint density at radius 2 is 2.23 bits per heavy atom. The number of carbonyl (C=O) groups excluding carboxylic acids is 1. The lowest BCUT2D eigenvalue weighted by Crippen LogP contribution is -2.41. The predicted molar refractivity (Wildman–Crippen MR) is 91.4 cm³/mol. The van der Waals surface area contributed by atoms with Crippen LogP contribution in [0.15, 0.2) is 35.2 Å². The molecule has 0 spiro atoms. The molecule has 1 N–H and O–H groups in total. The molecule has 0 saturated carbocycles. The molecule has 1 aromatic rings. The molecular formula is C17H26N2O2S. The van der Waals surface area contributed by atoms with Crippen LogP contribution in [-0.4, -0.2) is 50.0 Å². The first-order valence-electron chi connectivity index (χ1n) is 8.00. The van der Waals surface area contributed by atoms with Crippen LogP contribution in [0, 0.1) is 5.92 Å². The highest BCUT2D eigenvalue weighted by molar-refractivity contribution is 7.99. The van der Waals surface area contributed by atoms with Gasteiger partial charge in [-0.3, -0.25) is 0 Å². The minimum atomic E-state index is 0.0234. The lowest BCUT2D eigenvalue weighted by atomic mass is 10.0. The summed E-state index contributed by atoms with van der Waals surface area (Å²) in [4.78, 5) is 15.1. The number of thioether (sulfide) groups is 1. The second-order valence-corrected chi connectivity index (χ2v) is 6.87. The van der Waals surface area contributed by atoms with E-state index in [1.54, 1.807) is 4.90 Å². The van der Waals surface area contributed by atoms with Crippen molar-refractivity contribution >= 4 is 17.8 Å². The molecule has 1 aliphatic heterocycles. The first kappa shape index (κ1) is 17.2. The second kappa shape index (κ2) is 9.74. The Labute approximate surface area is 137 Å². The Morgan fingerprint density at radius 1 is 1.41 bits per heavy atom. The summed E-state index contributed by atoms with van der Waals surface area (Å²) in [5, 5.41) is 3.01. The number of benzene rings is 1. The summed E-state index contributed by atoms with van der Waals surface area (Å²) in [5.41, 5.74) is 0. The lowest BCUT2D eigenvalue weighted by Gasteiger charge is -2.24. The van der Waals surface area contributed by atoms with Gasteiger partial charge in [-0.05, 0) is 43.1 Å². The lowest BCUT2D eigenvalue weighted by molar-refractivity contribution is 0.0553. The number of amides is 2. The molecule has 1 heterocycles. The van der Waals surface area contributed by atoms with Crippen molar-refractivity contribution < 1.29 is 9.53 Å². The fourth-order valence-corrected chi connectivity index (χ4v) is 3.30. The first-order chi connectivity index (χ1) is 10.8. The van der Waals surface area contributed by atoms with Gasteiger partial charge in [0.05, 0.1) is 6.61 Å². The Hall–Kier alpha value is -1.20. The highest BCUT2D eigenvalue weighted by Crippen LogP contribution is 2.17. The molecule has 0 aliphatic carbocycles. The summed E-state index contributed by atoms with van der Waals surface area (Å²) in [7, 11) is 1.86. The third-order valence-electron chi connectivity index (χ3n) is 3.79. The SMILES string of the molecule is CN(CCCSc1ccccc1)C(=O)NC[C@H]1CCCOC1. The summed E-state index contributed by atoms with van der Waals surface area (Å²) in [6, 6.07) is 10.4. The van der Waals surface area contributed by atoms with E-state index in [0.29, 0.717) is 5.92 Å². The van der Waals surface area contributed by atoms with Crippen molar-refractivity contribution in [1.82, 2.24) is 10.2 Å². The minimum absolute atomic E-state index is 0.0234. The van der Waals surface area contributed by atoms with Gasteiger partial charge in [-0.25, -0.2) is 4.79 Å². The van der Waals surface area contributed by atoms with Crippen molar-refractivity contribution in [3.05, 3.63) is 30.3 Å². The Morgan fingerprint density at radius 3 is 2.95 bits per heavy atom. The smallest absolute Gasteiger partial charge is 0.317 e. The fourth-order valence-electron chi connectivity index (χ4n) is 2.45. The van der Waals surface area contributed by atoms with Crippen LogP contribution in [0.5, 0.6) is 0 Å². The van der Waals surface area contributed by atoms with E-state index < -0.39 is 0 Å². The maximum Gasteiger partial charge on any atom is 0.317 e. The maximum absolute atomic E-state index is 12.0. The Balaban J connectivity index is 1.55. The van der Waals surface area contributed by atoms with E-state index in [4.69, 9.17) is 4.74 Å². The zero-order valence-electron chi connectivity index (χ0n) is 13.3. The number of nitrogens with zero attached hydrogens (tertiary/aromatic N) is 1. The molecule has 2 rings (SSSR count). The van der Waals surface area contributed by atoms with Gasteiger partial charge in [0.1, 0.15) is 0 Å². The quantitative estimate of drug-likeness (QED) is 0.619. The highest BCUT2D eigenvalue weighted by atomic mass is 32.2. The van der Waals surface area contributed by atoms with Crippen molar-refractivity contribution in [3.63, 3.8) is 0 Å². The van der Waals surface area contributed by atoms with Crippen molar-refractivity contribution in [2.45, 2.75) is 24.2 Å². The average molecular weight is 322 g/mol. The maximum atomic E-state index is 12.0.